The molecular weight excluding hydrogens is 646 g/mol. The fourth-order valence-corrected chi connectivity index (χ4v) is 5.60. The summed E-state index contributed by atoms with van der Waals surface area (Å²) in [6, 6.07) is 22.9. The van der Waals surface area contributed by atoms with Gasteiger partial charge in [-0.05, 0) is 60.9 Å². The first-order valence-electron chi connectivity index (χ1n) is 15.7. The summed E-state index contributed by atoms with van der Waals surface area (Å²) in [6.45, 7) is 6.40. The van der Waals surface area contributed by atoms with E-state index in [-0.39, 0.29) is 5.57 Å². The van der Waals surface area contributed by atoms with Crippen molar-refractivity contribution in [2.75, 3.05) is 25.1 Å². The number of anilines is 1. The number of nitriles is 3. The van der Waals surface area contributed by atoms with Gasteiger partial charge in [-0.3, -0.25) is 0 Å². The normalized spacial score (nSPS) is 12.0. The number of thiophene rings is 1. The highest BCUT2D eigenvalue weighted by molar-refractivity contribution is 7.13. The molecule has 0 N–H and O–H groups in total. The maximum atomic E-state index is 13.3. The van der Waals surface area contributed by atoms with Gasteiger partial charge in [-0.1, -0.05) is 75.2 Å². The van der Waals surface area contributed by atoms with Gasteiger partial charge in [0.25, 0.3) is 0 Å². The smallest absolute Gasteiger partial charge is 0.496 e. The summed E-state index contributed by atoms with van der Waals surface area (Å²) >= 11 is 1.53. The highest BCUT2D eigenvalue weighted by Crippen LogP contribution is 2.33. The zero-order valence-electron chi connectivity index (χ0n) is 27.6. The Hall–Kier alpha value is -5.50. The monoisotopic (exact) mass is 682 g/mol. The predicted molar refractivity (Wildman–Crippen MR) is 191 cm³/mol. The zero-order valence-corrected chi connectivity index (χ0v) is 28.4. The molecule has 0 aliphatic heterocycles. The number of ether oxygens (including phenoxy) is 2. The Morgan fingerprint density at radius 3 is 2.06 bits per heavy atom. The van der Waals surface area contributed by atoms with Gasteiger partial charge in [-0.25, -0.2) is 0 Å². The zero-order chi connectivity index (χ0) is 35.6. The average molecular weight is 683 g/mol. The average Bonchev–Trinajstić information content (AvgIpc) is 3.56. The number of hydrogen-bond donors (Lipinski definition) is 0. The van der Waals surface area contributed by atoms with E-state index in [4.69, 9.17) is 4.74 Å². The van der Waals surface area contributed by atoms with Crippen LogP contribution >= 0.6 is 11.3 Å². The van der Waals surface area contributed by atoms with Crippen molar-refractivity contribution in [2.45, 2.75) is 45.9 Å². The molecule has 3 aromatic rings. The van der Waals surface area contributed by atoms with Crippen LogP contribution in [0.4, 0.5) is 18.9 Å². The molecule has 252 valence electrons. The van der Waals surface area contributed by atoms with Crippen LogP contribution in [0.5, 0.6) is 5.75 Å². The van der Waals surface area contributed by atoms with Gasteiger partial charge < -0.3 is 14.4 Å². The third-order valence-electron chi connectivity index (χ3n) is 7.22. The molecule has 0 aliphatic rings. The number of alkyl halides is 3. The second kappa shape index (κ2) is 19.4. The fraction of sp³-hybridized carbons (Fsp3) is 0.256. The molecule has 0 saturated carbocycles. The summed E-state index contributed by atoms with van der Waals surface area (Å²) in [4.78, 5) is 4.33. The maximum absolute atomic E-state index is 13.3. The summed E-state index contributed by atoms with van der Waals surface area (Å²) in [5.74, 6) is -0.360. The number of rotatable bonds is 16. The van der Waals surface area contributed by atoms with Crippen molar-refractivity contribution in [1.82, 2.24) is 0 Å². The van der Waals surface area contributed by atoms with E-state index in [9.17, 15) is 29.0 Å². The Balaban J connectivity index is 1.87. The Kier molecular flexibility index (Phi) is 15.0. The van der Waals surface area contributed by atoms with E-state index < -0.39 is 23.3 Å². The van der Waals surface area contributed by atoms with Crippen LogP contribution in [0.2, 0.25) is 0 Å². The number of allylic oxidation sites excluding steroid dienone is 6. The lowest BCUT2D eigenvalue weighted by atomic mass is 9.97. The van der Waals surface area contributed by atoms with Gasteiger partial charge in [0.05, 0.1) is 7.11 Å². The predicted octanol–water partition coefficient (Wildman–Crippen LogP) is 10.7. The van der Waals surface area contributed by atoms with E-state index in [1.807, 2.05) is 30.4 Å². The van der Waals surface area contributed by atoms with E-state index in [0.717, 1.165) is 65.5 Å². The number of halogens is 3. The van der Waals surface area contributed by atoms with E-state index >= 15 is 0 Å². The molecule has 1 heterocycles. The van der Waals surface area contributed by atoms with Gasteiger partial charge >= 0.3 is 6.36 Å². The van der Waals surface area contributed by atoms with Crippen molar-refractivity contribution in [1.29, 1.82) is 15.8 Å². The molecule has 0 fully saturated rings. The van der Waals surface area contributed by atoms with E-state index in [0.29, 0.717) is 5.56 Å². The standard InChI is InChI=1S/C39H37F3N4O2S/c1-4-6-23-46(24-7-5-2)32-19-17-30(37(25-32)47-3)18-20-34-22-21-33(49-34)15-11-12-16-35(29-13-9-8-10-14-29)36(28-45)38(31(26-43)27-44)48-39(40,41)42/h8-22,25H,4-7,23-24H2,1-3H3/b15-11+,16-12+,20-18+,36-35-. The molecule has 2 aromatic carbocycles. The quantitative estimate of drug-likeness (QED) is 0.0848. The largest absolute Gasteiger partial charge is 0.573 e. The molecular formula is C39H37F3N4O2S. The minimum absolute atomic E-state index is 0.0450. The van der Waals surface area contributed by atoms with Gasteiger partial charge in [0, 0.05) is 45.7 Å². The highest BCUT2D eigenvalue weighted by Gasteiger charge is 2.35. The van der Waals surface area contributed by atoms with Gasteiger partial charge in [0.2, 0.25) is 0 Å². The lowest BCUT2D eigenvalue weighted by Gasteiger charge is -2.25. The van der Waals surface area contributed by atoms with Crippen LogP contribution in [-0.2, 0) is 4.74 Å². The number of unbranched alkanes of at least 4 members (excludes halogenated alkanes) is 2. The number of methoxy groups -OCH3 is 1. The van der Waals surface area contributed by atoms with E-state index in [2.05, 4.69) is 41.7 Å². The van der Waals surface area contributed by atoms with Crippen LogP contribution < -0.4 is 9.64 Å². The lowest BCUT2D eigenvalue weighted by molar-refractivity contribution is -0.303. The molecule has 0 spiro atoms. The summed E-state index contributed by atoms with van der Waals surface area (Å²) in [6.07, 6.45) is 9.82. The minimum atomic E-state index is -5.23. The Labute approximate surface area is 290 Å². The summed E-state index contributed by atoms with van der Waals surface area (Å²) < 4.78 is 49.5. The third kappa shape index (κ3) is 11.6. The van der Waals surface area contributed by atoms with Crippen molar-refractivity contribution >= 4 is 40.8 Å². The number of hydrogen-bond acceptors (Lipinski definition) is 7. The van der Waals surface area contributed by atoms with Crippen LogP contribution in [0.25, 0.3) is 23.8 Å². The molecule has 3 rings (SSSR count). The first kappa shape index (κ1) is 38.0. The number of nitrogens with zero attached hydrogens (tertiary/aromatic N) is 4. The van der Waals surface area contributed by atoms with Crippen molar-refractivity contribution in [3.8, 4) is 24.0 Å². The summed E-state index contributed by atoms with van der Waals surface area (Å²) in [7, 11) is 1.67. The third-order valence-corrected chi connectivity index (χ3v) is 8.23. The summed E-state index contributed by atoms with van der Waals surface area (Å²) in [5.41, 5.74) is 0.966. The van der Waals surface area contributed by atoms with Crippen molar-refractivity contribution < 1.29 is 22.6 Å². The van der Waals surface area contributed by atoms with Crippen LogP contribution in [0.3, 0.4) is 0 Å². The highest BCUT2D eigenvalue weighted by atomic mass is 32.1. The molecule has 10 heteroatoms. The first-order chi connectivity index (χ1) is 23.7. The first-order valence-corrected chi connectivity index (χ1v) is 16.6. The molecule has 0 saturated heterocycles. The van der Waals surface area contributed by atoms with E-state index in [1.54, 1.807) is 55.7 Å². The number of benzene rings is 2. The summed E-state index contributed by atoms with van der Waals surface area (Å²) in [5, 5.41) is 28.5. The van der Waals surface area contributed by atoms with Gasteiger partial charge in [0.15, 0.2) is 11.3 Å². The van der Waals surface area contributed by atoms with Crippen LogP contribution in [-0.4, -0.2) is 26.6 Å². The fourth-order valence-electron chi connectivity index (χ4n) is 4.77. The van der Waals surface area contributed by atoms with Crippen molar-refractivity contribution in [2.24, 2.45) is 0 Å². The molecule has 0 aliphatic carbocycles. The topological polar surface area (TPSA) is 93.1 Å². The van der Waals surface area contributed by atoms with Gasteiger partial charge in [0.1, 0.15) is 29.5 Å². The van der Waals surface area contributed by atoms with Crippen LogP contribution in [0.15, 0.2) is 95.8 Å². The Morgan fingerprint density at radius 1 is 0.837 bits per heavy atom. The molecule has 0 unspecified atom stereocenters. The van der Waals surface area contributed by atoms with Crippen LogP contribution in [0.1, 0.15) is 60.4 Å². The van der Waals surface area contributed by atoms with E-state index in [1.165, 1.54) is 29.6 Å². The Bertz CT molecular complexity index is 1810. The SMILES string of the molecule is CCCCN(CCCC)c1ccc(/C=C/c2ccc(/C=C/C=C/C(=C(\C#N)C(OC(F)(F)F)=C(C#N)C#N)c3ccccc3)s2)c(OC)c1. The molecule has 49 heavy (non-hydrogen) atoms. The Morgan fingerprint density at radius 2 is 1.49 bits per heavy atom. The van der Waals surface area contributed by atoms with Crippen molar-refractivity contribution in [3.05, 3.63) is 117 Å². The van der Waals surface area contributed by atoms with Crippen molar-refractivity contribution in [3.63, 3.8) is 0 Å². The molecule has 0 radical (unpaired) electrons. The minimum Gasteiger partial charge on any atom is -0.496 e. The molecule has 0 amide bonds. The van der Waals surface area contributed by atoms with Crippen LogP contribution in [0, 0.1) is 34.0 Å². The molecule has 0 atom stereocenters. The second-order valence-electron chi connectivity index (χ2n) is 10.7. The van der Waals surface area contributed by atoms with Gasteiger partial charge in [-0.15, -0.1) is 24.5 Å². The lowest BCUT2D eigenvalue weighted by Crippen LogP contribution is -2.25. The second-order valence-corrected chi connectivity index (χ2v) is 11.8. The molecule has 6 nitrogen and oxygen atoms in total. The van der Waals surface area contributed by atoms with Gasteiger partial charge in [-0.2, -0.15) is 15.8 Å². The molecule has 1 aromatic heterocycles. The maximum Gasteiger partial charge on any atom is 0.573 e. The molecule has 0 bridgehead atoms.